The smallest absolute Gasteiger partial charge is 0.279 e. The predicted octanol–water partition coefficient (Wildman–Crippen LogP) is 5.35. The molecule has 0 unspecified atom stereocenters. The fourth-order valence-electron chi connectivity index (χ4n) is 2.97. The van der Waals surface area contributed by atoms with Crippen molar-refractivity contribution in [2.75, 3.05) is 26.0 Å². The highest BCUT2D eigenvalue weighted by molar-refractivity contribution is 6.30. The van der Waals surface area contributed by atoms with E-state index in [2.05, 4.69) is 31.5 Å². The van der Waals surface area contributed by atoms with Crippen molar-refractivity contribution in [2.45, 2.75) is 6.54 Å². The molecule has 4 nitrogen and oxygen atoms in total. The van der Waals surface area contributed by atoms with Crippen LogP contribution in [0.15, 0.2) is 78.9 Å². The maximum absolute atomic E-state index is 12.5. The van der Waals surface area contributed by atoms with E-state index in [1.807, 2.05) is 54.6 Å². The van der Waals surface area contributed by atoms with Crippen molar-refractivity contribution < 1.29 is 14.0 Å². The maximum Gasteiger partial charge on any atom is 0.279 e. The van der Waals surface area contributed by atoms with Crippen LogP contribution in [0.3, 0.4) is 0 Å². The molecule has 0 radical (unpaired) electrons. The first kappa shape index (κ1) is 19.9. The molecule has 0 aliphatic heterocycles. The zero-order valence-corrected chi connectivity index (χ0v) is 16.8. The van der Waals surface area contributed by atoms with Gasteiger partial charge in [-0.2, -0.15) is 0 Å². The van der Waals surface area contributed by atoms with E-state index in [0.29, 0.717) is 27.5 Å². The van der Waals surface area contributed by atoms with Crippen LogP contribution in [-0.4, -0.2) is 31.0 Å². The van der Waals surface area contributed by atoms with Crippen molar-refractivity contribution in [3.63, 3.8) is 0 Å². The molecule has 0 saturated heterocycles. The summed E-state index contributed by atoms with van der Waals surface area (Å²) in [6.07, 6.45) is 0. The summed E-state index contributed by atoms with van der Waals surface area (Å²) in [4.78, 5) is 12.5. The highest BCUT2D eigenvalue weighted by Crippen LogP contribution is 2.24. The summed E-state index contributed by atoms with van der Waals surface area (Å²) in [5.74, 6) is 1.38. The number of quaternary nitrogens is 1. The molecule has 1 amide bonds. The zero-order valence-electron chi connectivity index (χ0n) is 16.1. The summed E-state index contributed by atoms with van der Waals surface area (Å²) >= 11 is 5.88. The number of hydrogen-bond donors (Lipinski definition) is 1. The molecule has 3 aromatic rings. The quantitative estimate of drug-likeness (QED) is 0.548. The minimum atomic E-state index is -0.0210. The third-order valence-electron chi connectivity index (χ3n) is 4.21. The predicted molar refractivity (Wildman–Crippen MR) is 114 cm³/mol. The number of ether oxygens (including phenoxy) is 1. The van der Waals surface area contributed by atoms with Gasteiger partial charge < -0.3 is 14.5 Å². The SMILES string of the molecule is C[N+](C)(CC(=O)Nc1ccc(Oc2ccc(Cl)cc2)cc1)Cc1ccccc1. The Hall–Kier alpha value is -2.82. The largest absolute Gasteiger partial charge is 0.457 e. The second-order valence-electron chi connectivity index (χ2n) is 7.37. The molecular weight excluding hydrogens is 372 g/mol. The highest BCUT2D eigenvalue weighted by atomic mass is 35.5. The molecule has 0 aliphatic rings. The topological polar surface area (TPSA) is 38.3 Å². The number of hydrogen-bond acceptors (Lipinski definition) is 2. The average Bonchev–Trinajstić information content (AvgIpc) is 2.65. The first-order valence-corrected chi connectivity index (χ1v) is 9.47. The van der Waals surface area contributed by atoms with Crippen molar-refractivity contribution in [1.82, 2.24) is 0 Å². The molecule has 0 saturated carbocycles. The van der Waals surface area contributed by atoms with Crippen molar-refractivity contribution in [3.8, 4) is 11.5 Å². The number of anilines is 1. The first-order chi connectivity index (χ1) is 13.4. The van der Waals surface area contributed by atoms with Crippen LogP contribution < -0.4 is 10.1 Å². The van der Waals surface area contributed by atoms with E-state index in [0.717, 1.165) is 12.2 Å². The van der Waals surface area contributed by atoms with Crippen LogP contribution >= 0.6 is 11.6 Å². The van der Waals surface area contributed by atoms with Gasteiger partial charge in [0, 0.05) is 16.3 Å². The number of halogens is 1. The van der Waals surface area contributed by atoms with Crippen molar-refractivity contribution in [2.24, 2.45) is 0 Å². The Balaban J connectivity index is 1.54. The van der Waals surface area contributed by atoms with Gasteiger partial charge >= 0.3 is 0 Å². The van der Waals surface area contributed by atoms with E-state index in [4.69, 9.17) is 16.3 Å². The molecule has 28 heavy (non-hydrogen) atoms. The van der Waals surface area contributed by atoms with Gasteiger partial charge in [-0.3, -0.25) is 4.79 Å². The van der Waals surface area contributed by atoms with Gasteiger partial charge in [0.05, 0.1) is 14.1 Å². The summed E-state index contributed by atoms with van der Waals surface area (Å²) in [7, 11) is 4.10. The van der Waals surface area contributed by atoms with Gasteiger partial charge in [-0.15, -0.1) is 0 Å². The van der Waals surface area contributed by atoms with Gasteiger partial charge in [0.1, 0.15) is 18.0 Å². The lowest BCUT2D eigenvalue weighted by molar-refractivity contribution is -0.895. The third-order valence-corrected chi connectivity index (χ3v) is 4.46. The molecule has 0 aliphatic carbocycles. The monoisotopic (exact) mass is 395 g/mol. The molecular formula is C23H24ClN2O2+. The highest BCUT2D eigenvalue weighted by Gasteiger charge is 2.20. The minimum Gasteiger partial charge on any atom is -0.457 e. The molecule has 144 valence electrons. The van der Waals surface area contributed by atoms with Gasteiger partial charge in [-0.05, 0) is 48.5 Å². The second-order valence-corrected chi connectivity index (χ2v) is 7.80. The number of nitrogens with one attached hydrogen (secondary N) is 1. The summed E-state index contributed by atoms with van der Waals surface area (Å²) in [5.41, 5.74) is 1.96. The van der Waals surface area contributed by atoms with Crippen LogP contribution in [0, 0.1) is 0 Å². The van der Waals surface area contributed by atoms with Gasteiger partial charge in [0.2, 0.25) is 0 Å². The van der Waals surface area contributed by atoms with Crippen molar-refractivity contribution >= 4 is 23.2 Å². The number of likely N-dealkylation sites (N-methyl/N-ethyl adjacent to an activating group) is 1. The molecule has 0 bridgehead atoms. The van der Waals surface area contributed by atoms with Crippen molar-refractivity contribution in [1.29, 1.82) is 0 Å². The molecule has 3 rings (SSSR count). The van der Waals surface area contributed by atoms with Gasteiger partial charge in [-0.1, -0.05) is 41.9 Å². The number of carbonyl (C=O) groups excluding carboxylic acids is 1. The molecule has 0 atom stereocenters. The first-order valence-electron chi connectivity index (χ1n) is 9.09. The molecule has 5 heteroatoms. The van der Waals surface area contributed by atoms with E-state index in [-0.39, 0.29) is 5.91 Å². The lowest BCUT2D eigenvalue weighted by atomic mass is 10.2. The lowest BCUT2D eigenvalue weighted by Gasteiger charge is -2.29. The summed E-state index contributed by atoms with van der Waals surface area (Å²) < 4.78 is 6.34. The molecule has 3 aromatic carbocycles. The average molecular weight is 396 g/mol. The van der Waals surface area contributed by atoms with E-state index in [1.165, 1.54) is 5.56 Å². The van der Waals surface area contributed by atoms with E-state index >= 15 is 0 Å². The lowest BCUT2D eigenvalue weighted by Crippen LogP contribution is -2.44. The number of amides is 1. The van der Waals surface area contributed by atoms with Crippen molar-refractivity contribution in [3.05, 3.63) is 89.4 Å². The van der Waals surface area contributed by atoms with Gasteiger partial charge in [0.25, 0.3) is 5.91 Å². The Morgan fingerprint density at radius 2 is 1.46 bits per heavy atom. The Bertz CT molecular complexity index is 908. The molecule has 1 N–H and O–H groups in total. The van der Waals surface area contributed by atoms with Crippen LogP contribution in [0.5, 0.6) is 11.5 Å². The van der Waals surface area contributed by atoms with Crippen LogP contribution in [0.2, 0.25) is 5.02 Å². The summed E-state index contributed by atoms with van der Waals surface area (Å²) in [5, 5.41) is 3.62. The van der Waals surface area contributed by atoms with Crippen LogP contribution in [-0.2, 0) is 11.3 Å². The fourth-order valence-corrected chi connectivity index (χ4v) is 3.09. The van der Waals surface area contributed by atoms with Crippen LogP contribution in [0.1, 0.15) is 5.56 Å². The van der Waals surface area contributed by atoms with Crippen LogP contribution in [0.25, 0.3) is 0 Å². The maximum atomic E-state index is 12.5. The Morgan fingerprint density at radius 3 is 2.07 bits per heavy atom. The fraction of sp³-hybridized carbons (Fsp3) is 0.174. The van der Waals surface area contributed by atoms with Gasteiger partial charge in [-0.25, -0.2) is 0 Å². The van der Waals surface area contributed by atoms with Gasteiger partial charge in [0.15, 0.2) is 6.54 Å². The number of nitrogens with zero attached hydrogens (tertiary/aromatic N) is 1. The molecule has 0 fully saturated rings. The summed E-state index contributed by atoms with van der Waals surface area (Å²) in [6, 6.07) is 24.7. The normalized spacial score (nSPS) is 11.1. The minimum absolute atomic E-state index is 0.0210. The Kier molecular flexibility index (Phi) is 6.34. The van der Waals surface area contributed by atoms with E-state index in [1.54, 1.807) is 12.1 Å². The number of benzene rings is 3. The number of carbonyl (C=O) groups is 1. The zero-order chi connectivity index (χ0) is 20.0. The van der Waals surface area contributed by atoms with E-state index in [9.17, 15) is 4.79 Å². The Morgan fingerprint density at radius 1 is 0.893 bits per heavy atom. The molecule has 0 heterocycles. The molecule has 0 spiro atoms. The standard InChI is InChI=1S/C23H23ClN2O2/c1-26(2,16-18-6-4-3-5-7-18)17-23(27)25-20-10-14-22(15-11-20)28-21-12-8-19(24)9-13-21/h3-15H,16-17H2,1-2H3/p+1. The Labute approximate surface area is 170 Å². The van der Waals surface area contributed by atoms with Crippen LogP contribution in [0.4, 0.5) is 5.69 Å². The number of rotatable bonds is 7. The third kappa shape index (κ3) is 6.12. The summed E-state index contributed by atoms with van der Waals surface area (Å²) in [6.45, 7) is 1.18. The second kappa shape index (κ2) is 8.91. The molecule has 0 aromatic heterocycles. The van der Waals surface area contributed by atoms with E-state index < -0.39 is 0 Å².